The summed E-state index contributed by atoms with van der Waals surface area (Å²) in [4.78, 5) is 0. The van der Waals surface area contributed by atoms with Gasteiger partial charge in [-0.3, -0.25) is 0 Å². The van der Waals surface area contributed by atoms with Gasteiger partial charge in [-0.15, -0.1) is 0 Å². The van der Waals surface area contributed by atoms with Gasteiger partial charge in [0.05, 0.1) is 17.8 Å². The molecule has 19 heavy (non-hydrogen) atoms. The summed E-state index contributed by atoms with van der Waals surface area (Å²) < 4.78 is 7.49. The third-order valence-corrected chi connectivity index (χ3v) is 3.20. The van der Waals surface area contributed by atoms with Gasteiger partial charge in [-0.25, -0.2) is 0 Å². The third-order valence-electron chi connectivity index (χ3n) is 3.20. The van der Waals surface area contributed by atoms with E-state index in [1.165, 1.54) is 0 Å². The number of hydrogen-bond acceptors (Lipinski definition) is 2. The highest BCUT2D eigenvalue weighted by Gasteiger charge is 2.08. The molecule has 2 aromatic heterocycles. The van der Waals surface area contributed by atoms with Crippen LogP contribution in [0, 0.1) is 0 Å². The Kier molecular flexibility index (Phi) is 2.88. The van der Waals surface area contributed by atoms with Crippen molar-refractivity contribution in [3.05, 3.63) is 54.9 Å². The van der Waals surface area contributed by atoms with Crippen LogP contribution < -0.4 is 10.5 Å². The van der Waals surface area contributed by atoms with E-state index in [4.69, 9.17) is 10.5 Å². The van der Waals surface area contributed by atoms with Crippen molar-refractivity contribution >= 4 is 11.2 Å². The zero-order chi connectivity index (χ0) is 13.2. The van der Waals surface area contributed by atoms with Gasteiger partial charge in [-0.05, 0) is 36.8 Å². The van der Waals surface area contributed by atoms with Gasteiger partial charge in [0.15, 0.2) is 0 Å². The fourth-order valence-corrected chi connectivity index (χ4v) is 2.27. The van der Waals surface area contributed by atoms with Gasteiger partial charge in [0.1, 0.15) is 5.75 Å². The summed E-state index contributed by atoms with van der Waals surface area (Å²) in [5, 5.41) is 0. The molecule has 3 nitrogen and oxygen atoms in total. The standard InChI is InChI=1S/C16H16N2O/c1-2-19-13-8-6-12(7-9-13)14-11-18-10-4-3-5-15(18)16(14)17/h3-11H,2,17H2,1H3. The molecule has 0 aliphatic carbocycles. The van der Waals surface area contributed by atoms with Crippen LogP contribution in [-0.2, 0) is 0 Å². The number of fused-ring (bicyclic) bond motifs is 1. The van der Waals surface area contributed by atoms with Crippen LogP contribution in [0.15, 0.2) is 54.9 Å². The molecule has 0 saturated heterocycles. The molecule has 0 unspecified atom stereocenters. The first-order valence-electron chi connectivity index (χ1n) is 6.38. The molecule has 2 N–H and O–H groups in total. The number of hydrogen-bond donors (Lipinski definition) is 1. The van der Waals surface area contributed by atoms with Gasteiger partial charge >= 0.3 is 0 Å². The fourth-order valence-electron chi connectivity index (χ4n) is 2.27. The molecule has 3 rings (SSSR count). The molecule has 96 valence electrons. The van der Waals surface area contributed by atoms with Crippen LogP contribution in [0.2, 0.25) is 0 Å². The summed E-state index contributed by atoms with van der Waals surface area (Å²) in [5.74, 6) is 0.883. The summed E-state index contributed by atoms with van der Waals surface area (Å²) >= 11 is 0. The SMILES string of the molecule is CCOc1ccc(-c2cn3ccccc3c2N)cc1. The smallest absolute Gasteiger partial charge is 0.119 e. The lowest BCUT2D eigenvalue weighted by molar-refractivity contribution is 0.340. The Balaban J connectivity index is 2.06. The van der Waals surface area contributed by atoms with Crippen LogP contribution in [0.1, 0.15) is 6.92 Å². The normalized spacial score (nSPS) is 10.8. The zero-order valence-electron chi connectivity index (χ0n) is 10.8. The predicted molar refractivity (Wildman–Crippen MR) is 78.4 cm³/mol. The highest BCUT2D eigenvalue weighted by molar-refractivity contribution is 5.88. The largest absolute Gasteiger partial charge is 0.494 e. The average molecular weight is 252 g/mol. The Labute approximate surface area is 112 Å². The van der Waals surface area contributed by atoms with Gasteiger partial charge in [0.25, 0.3) is 0 Å². The first-order valence-corrected chi connectivity index (χ1v) is 6.38. The first kappa shape index (κ1) is 11.7. The van der Waals surface area contributed by atoms with Gasteiger partial charge in [-0.1, -0.05) is 18.2 Å². The number of nitrogens with two attached hydrogens (primary N) is 1. The summed E-state index contributed by atoms with van der Waals surface area (Å²) in [7, 11) is 0. The topological polar surface area (TPSA) is 39.7 Å². The minimum atomic E-state index is 0.678. The molecule has 0 atom stereocenters. The fraction of sp³-hybridized carbons (Fsp3) is 0.125. The van der Waals surface area contributed by atoms with E-state index in [1.807, 2.05) is 60.0 Å². The maximum atomic E-state index is 6.22. The molecule has 0 bridgehead atoms. The highest BCUT2D eigenvalue weighted by atomic mass is 16.5. The summed E-state index contributed by atoms with van der Waals surface area (Å²) in [5.41, 5.74) is 10.2. The number of nitrogens with zero attached hydrogens (tertiary/aromatic N) is 1. The Morgan fingerprint density at radius 3 is 2.58 bits per heavy atom. The number of benzene rings is 1. The second-order valence-electron chi connectivity index (χ2n) is 4.41. The number of anilines is 1. The van der Waals surface area contributed by atoms with E-state index in [1.54, 1.807) is 0 Å². The Hall–Kier alpha value is -2.42. The van der Waals surface area contributed by atoms with E-state index < -0.39 is 0 Å². The van der Waals surface area contributed by atoms with Crippen molar-refractivity contribution in [1.29, 1.82) is 0 Å². The molecule has 0 amide bonds. The Morgan fingerprint density at radius 1 is 1.11 bits per heavy atom. The van der Waals surface area contributed by atoms with E-state index in [9.17, 15) is 0 Å². The quantitative estimate of drug-likeness (QED) is 0.773. The van der Waals surface area contributed by atoms with Crippen molar-refractivity contribution in [2.45, 2.75) is 6.92 Å². The number of aromatic nitrogens is 1. The molecule has 0 aliphatic heterocycles. The molecule has 0 spiro atoms. The number of ether oxygens (including phenoxy) is 1. The summed E-state index contributed by atoms with van der Waals surface area (Å²) in [6.45, 7) is 2.66. The Morgan fingerprint density at radius 2 is 1.89 bits per heavy atom. The molecule has 1 aromatic carbocycles. The van der Waals surface area contributed by atoms with E-state index in [-0.39, 0.29) is 0 Å². The molecule has 3 aromatic rings. The van der Waals surface area contributed by atoms with Crippen LogP contribution in [0.25, 0.3) is 16.6 Å². The minimum Gasteiger partial charge on any atom is -0.494 e. The highest BCUT2D eigenvalue weighted by Crippen LogP contribution is 2.31. The number of nitrogen functional groups attached to an aromatic ring is 1. The van der Waals surface area contributed by atoms with E-state index in [0.29, 0.717) is 6.61 Å². The number of rotatable bonds is 3. The zero-order valence-corrected chi connectivity index (χ0v) is 10.8. The minimum absolute atomic E-state index is 0.678. The van der Waals surface area contributed by atoms with Crippen molar-refractivity contribution in [3.8, 4) is 16.9 Å². The van der Waals surface area contributed by atoms with Gasteiger partial charge < -0.3 is 14.9 Å². The predicted octanol–water partition coefficient (Wildman–Crippen LogP) is 3.59. The lowest BCUT2D eigenvalue weighted by Crippen LogP contribution is -1.91. The molecule has 0 radical (unpaired) electrons. The monoisotopic (exact) mass is 252 g/mol. The lowest BCUT2D eigenvalue weighted by atomic mass is 10.1. The molecule has 0 aliphatic rings. The van der Waals surface area contributed by atoms with Crippen LogP contribution in [0.4, 0.5) is 5.69 Å². The molecule has 3 heteroatoms. The van der Waals surface area contributed by atoms with Crippen LogP contribution in [0.3, 0.4) is 0 Å². The van der Waals surface area contributed by atoms with Crippen molar-refractivity contribution < 1.29 is 4.74 Å². The van der Waals surface area contributed by atoms with Gasteiger partial charge in [0.2, 0.25) is 0 Å². The third kappa shape index (κ3) is 2.03. The molecule has 0 fully saturated rings. The van der Waals surface area contributed by atoms with Crippen molar-refractivity contribution in [1.82, 2.24) is 4.40 Å². The maximum Gasteiger partial charge on any atom is 0.119 e. The van der Waals surface area contributed by atoms with Crippen molar-refractivity contribution in [2.24, 2.45) is 0 Å². The molecular weight excluding hydrogens is 236 g/mol. The second-order valence-corrected chi connectivity index (χ2v) is 4.41. The average Bonchev–Trinajstić information content (AvgIpc) is 2.78. The summed E-state index contributed by atoms with van der Waals surface area (Å²) in [6.07, 6.45) is 4.06. The van der Waals surface area contributed by atoms with Gasteiger partial charge in [-0.2, -0.15) is 0 Å². The molecule has 2 heterocycles. The Bertz CT molecular complexity index is 698. The van der Waals surface area contributed by atoms with Crippen molar-refractivity contribution in [2.75, 3.05) is 12.3 Å². The molecular formula is C16H16N2O. The second kappa shape index (κ2) is 4.69. The van der Waals surface area contributed by atoms with Crippen molar-refractivity contribution in [3.63, 3.8) is 0 Å². The lowest BCUT2D eigenvalue weighted by Gasteiger charge is -2.04. The van der Waals surface area contributed by atoms with Gasteiger partial charge in [0, 0.05) is 18.0 Å². The summed E-state index contributed by atoms with van der Waals surface area (Å²) in [6, 6.07) is 14.0. The van der Waals surface area contributed by atoms with Crippen LogP contribution in [0.5, 0.6) is 5.75 Å². The van der Waals surface area contributed by atoms with Crippen LogP contribution in [-0.4, -0.2) is 11.0 Å². The first-order chi connectivity index (χ1) is 9.29. The maximum absolute atomic E-state index is 6.22. The van der Waals surface area contributed by atoms with E-state index >= 15 is 0 Å². The van der Waals surface area contributed by atoms with E-state index in [2.05, 4.69) is 6.20 Å². The molecule has 0 saturated carbocycles. The van der Waals surface area contributed by atoms with Crippen LogP contribution >= 0.6 is 0 Å². The number of pyridine rings is 1. The van der Waals surface area contributed by atoms with E-state index in [0.717, 1.165) is 28.1 Å².